The third-order valence-corrected chi connectivity index (χ3v) is 6.05. The molecule has 1 aliphatic carbocycles. The van der Waals surface area contributed by atoms with E-state index in [4.69, 9.17) is 15.6 Å². The molecule has 2 aromatic rings. The first kappa shape index (κ1) is 15.0. The van der Waals surface area contributed by atoms with Crippen LogP contribution in [-0.4, -0.2) is 41.2 Å². The first-order valence-corrected chi connectivity index (χ1v) is 8.94. The van der Waals surface area contributed by atoms with Crippen molar-refractivity contribution in [3.8, 4) is 11.4 Å². The predicted molar refractivity (Wildman–Crippen MR) is 97.0 cm³/mol. The SMILES string of the molecule is COc1cc2c(cc1-n1cc3c(n1)CCN(C)C3)N=C(N)C21CCC1. The highest BCUT2D eigenvalue weighted by atomic mass is 16.5. The van der Waals surface area contributed by atoms with Gasteiger partial charge in [-0.25, -0.2) is 9.67 Å². The van der Waals surface area contributed by atoms with Crippen LogP contribution in [-0.2, 0) is 18.4 Å². The van der Waals surface area contributed by atoms with Gasteiger partial charge in [-0.1, -0.05) is 6.42 Å². The fraction of sp³-hybridized carbons (Fsp3) is 0.474. The number of fused-ring (bicyclic) bond motifs is 3. The largest absolute Gasteiger partial charge is 0.494 e. The van der Waals surface area contributed by atoms with Gasteiger partial charge in [-0.15, -0.1) is 0 Å². The summed E-state index contributed by atoms with van der Waals surface area (Å²) < 4.78 is 7.66. The van der Waals surface area contributed by atoms with Gasteiger partial charge < -0.3 is 15.4 Å². The molecule has 0 atom stereocenters. The summed E-state index contributed by atoms with van der Waals surface area (Å²) in [5, 5.41) is 4.81. The van der Waals surface area contributed by atoms with Gasteiger partial charge in [0, 0.05) is 31.3 Å². The standard InChI is InChI=1S/C19H23N5O/c1-23-7-4-14-12(10-23)11-24(22-14)16-9-15-13(8-17(16)25-2)19(5-3-6-19)18(20)21-15/h8-9,11H,3-7,10H2,1-2H3,(H2,20,21). The zero-order chi connectivity index (χ0) is 17.2. The highest BCUT2D eigenvalue weighted by molar-refractivity contribution is 6.00. The van der Waals surface area contributed by atoms with Crippen LogP contribution in [0.25, 0.3) is 5.69 Å². The molecule has 1 aromatic heterocycles. The van der Waals surface area contributed by atoms with Crippen LogP contribution in [0, 0.1) is 0 Å². The second kappa shape index (κ2) is 5.08. The van der Waals surface area contributed by atoms with Crippen molar-refractivity contribution in [3.63, 3.8) is 0 Å². The van der Waals surface area contributed by atoms with Crippen molar-refractivity contribution in [1.82, 2.24) is 14.7 Å². The van der Waals surface area contributed by atoms with Crippen molar-refractivity contribution >= 4 is 11.5 Å². The summed E-state index contributed by atoms with van der Waals surface area (Å²) >= 11 is 0. The summed E-state index contributed by atoms with van der Waals surface area (Å²) in [5.74, 6) is 1.59. The zero-order valence-corrected chi connectivity index (χ0v) is 14.7. The second-order valence-electron chi connectivity index (χ2n) is 7.51. The van der Waals surface area contributed by atoms with E-state index in [-0.39, 0.29) is 5.41 Å². The van der Waals surface area contributed by atoms with Crippen molar-refractivity contribution in [2.45, 2.75) is 37.6 Å². The average Bonchev–Trinajstić information content (AvgIpc) is 3.09. The molecule has 0 bridgehead atoms. The molecule has 3 aliphatic rings. The lowest BCUT2D eigenvalue weighted by atomic mass is 9.64. The number of hydrogen-bond donors (Lipinski definition) is 1. The predicted octanol–water partition coefficient (Wildman–Crippen LogP) is 2.29. The number of likely N-dealkylation sites (N-methyl/N-ethyl adjacent to an activating group) is 1. The summed E-state index contributed by atoms with van der Waals surface area (Å²) in [6.45, 7) is 1.99. The summed E-state index contributed by atoms with van der Waals surface area (Å²) in [7, 11) is 3.86. The molecular weight excluding hydrogens is 314 g/mol. The molecule has 6 nitrogen and oxygen atoms in total. The number of aromatic nitrogens is 2. The van der Waals surface area contributed by atoms with E-state index >= 15 is 0 Å². The maximum atomic E-state index is 6.28. The van der Waals surface area contributed by atoms with Gasteiger partial charge in [-0.3, -0.25) is 0 Å². The van der Waals surface area contributed by atoms with E-state index in [9.17, 15) is 0 Å². The number of ether oxygens (including phenoxy) is 1. The van der Waals surface area contributed by atoms with E-state index in [1.54, 1.807) is 7.11 Å². The quantitative estimate of drug-likeness (QED) is 0.913. The molecule has 0 unspecified atom stereocenters. The Kier molecular flexibility index (Phi) is 3.04. The third kappa shape index (κ3) is 2.00. The van der Waals surface area contributed by atoms with Gasteiger partial charge in [0.1, 0.15) is 17.3 Å². The van der Waals surface area contributed by atoms with Crippen molar-refractivity contribution in [2.24, 2.45) is 10.7 Å². The van der Waals surface area contributed by atoms with Gasteiger partial charge in [-0.05, 0) is 37.6 Å². The highest BCUT2D eigenvalue weighted by Crippen LogP contribution is 2.53. The summed E-state index contributed by atoms with van der Waals surface area (Å²) in [6.07, 6.45) is 6.48. The minimum absolute atomic E-state index is 0.0484. The molecule has 0 radical (unpaired) electrons. The van der Waals surface area contributed by atoms with Crippen molar-refractivity contribution in [1.29, 1.82) is 0 Å². The Hall–Kier alpha value is -2.34. The minimum atomic E-state index is -0.0484. The number of hydrogen-bond acceptors (Lipinski definition) is 5. The van der Waals surface area contributed by atoms with E-state index in [0.29, 0.717) is 0 Å². The molecule has 1 spiro atoms. The lowest BCUT2D eigenvalue weighted by Crippen LogP contribution is -2.44. The minimum Gasteiger partial charge on any atom is -0.494 e. The molecule has 0 saturated heterocycles. The van der Waals surface area contributed by atoms with Crippen LogP contribution in [0.5, 0.6) is 5.75 Å². The Morgan fingerprint density at radius 2 is 2.12 bits per heavy atom. The maximum Gasteiger partial charge on any atom is 0.144 e. The Morgan fingerprint density at radius 1 is 1.28 bits per heavy atom. The van der Waals surface area contributed by atoms with Gasteiger partial charge in [0.05, 0.1) is 23.9 Å². The van der Waals surface area contributed by atoms with Crippen LogP contribution >= 0.6 is 0 Å². The topological polar surface area (TPSA) is 68.7 Å². The van der Waals surface area contributed by atoms with Gasteiger partial charge in [0.2, 0.25) is 0 Å². The first-order valence-electron chi connectivity index (χ1n) is 8.94. The van der Waals surface area contributed by atoms with E-state index in [1.807, 2.05) is 4.68 Å². The molecule has 2 aliphatic heterocycles. The van der Waals surface area contributed by atoms with Crippen LogP contribution in [0.15, 0.2) is 23.3 Å². The summed E-state index contributed by atoms with van der Waals surface area (Å²) in [6, 6.07) is 4.20. The highest BCUT2D eigenvalue weighted by Gasteiger charge is 2.47. The van der Waals surface area contributed by atoms with Gasteiger partial charge in [0.15, 0.2) is 0 Å². The molecule has 1 saturated carbocycles. The number of amidine groups is 1. The van der Waals surface area contributed by atoms with Crippen molar-refractivity contribution in [2.75, 3.05) is 20.7 Å². The second-order valence-corrected chi connectivity index (χ2v) is 7.51. The number of nitrogens with two attached hydrogens (primary N) is 1. The Morgan fingerprint density at radius 3 is 2.84 bits per heavy atom. The molecule has 3 heterocycles. The third-order valence-electron chi connectivity index (χ3n) is 6.05. The monoisotopic (exact) mass is 337 g/mol. The van der Waals surface area contributed by atoms with Gasteiger partial charge in [-0.2, -0.15) is 5.10 Å². The average molecular weight is 337 g/mol. The molecule has 5 rings (SSSR count). The van der Waals surface area contributed by atoms with E-state index in [1.165, 1.54) is 23.2 Å². The van der Waals surface area contributed by atoms with Gasteiger partial charge in [0.25, 0.3) is 0 Å². The molecule has 2 N–H and O–H groups in total. The van der Waals surface area contributed by atoms with Crippen LogP contribution in [0.2, 0.25) is 0 Å². The zero-order valence-electron chi connectivity index (χ0n) is 14.7. The van der Waals surface area contributed by atoms with Crippen LogP contribution in [0.4, 0.5) is 5.69 Å². The summed E-state index contributed by atoms with van der Waals surface area (Å²) in [4.78, 5) is 6.99. The first-order chi connectivity index (χ1) is 12.1. The van der Waals surface area contributed by atoms with E-state index < -0.39 is 0 Å². The van der Waals surface area contributed by atoms with Gasteiger partial charge >= 0.3 is 0 Å². The van der Waals surface area contributed by atoms with E-state index in [2.05, 4.69) is 35.3 Å². The smallest absolute Gasteiger partial charge is 0.144 e. The normalized spacial score (nSPS) is 20.8. The summed E-state index contributed by atoms with van der Waals surface area (Å²) in [5.41, 5.74) is 11.8. The van der Waals surface area contributed by atoms with E-state index in [0.717, 1.165) is 55.3 Å². The fourth-order valence-corrected chi connectivity index (χ4v) is 4.38. The lowest BCUT2D eigenvalue weighted by molar-refractivity contribution is 0.311. The van der Waals surface area contributed by atoms with Crippen LogP contribution < -0.4 is 10.5 Å². The Bertz CT molecular complexity index is 893. The van der Waals surface area contributed by atoms with Crippen LogP contribution in [0.1, 0.15) is 36.1 Å². The number of methoxy groups -OCH3 is 1. The molecular formula is C19H23N5O. The Labute approximate surface area is 147 Å². The molecule has 1 aromatic carbocycles. The number of aliphatic imine (C=N–C) groups is 1. The maximum absolute atomic E-state index is 6.28. The van der Waals surface area contributed by atoms with Crippen molar-refractivity contribution < 1.29 is 4.74 Å². The number of rotatable bonds is 2. The molecule has 130 valence electrons. The Balaban J connectivity index is 1.62. The number of nitrogens with zero attached hydrogens (tertiary/aromatic N) is 4. The fourth-order valence-electron chi connectivity index (χ4n) is 4.38. The molecule has 1 fully saturated rings. The molecule has 25 heavy (non-hydrogen) atoms. The van der Waals surface area contributed by atoms with Crippen molar-refractivity contribution in [3.05, 3.63) is 35.2 Å². The van der Waals surface area contributed by atoms with Crippen LogP contribution in [0.3, 0.4) is 0 Å². The number of benzene rings is 1. The molecule has 0 amide bonds. The molecule has 6 heteroatoms. The lowest BCUT2D eigenvalue weighted by Gasteiger charge is -2.39.